The fourth-order valence-corrected chi connectivity index (χ4v) is 0.566. The van der Waals surface area contributed by atoms with Crippen molar-refractivity contribution in [2.75, 3.05) is 7.11 Å². The first-order valence-corrected chi connectivity index (χ1v) is 4.50. The van der Waals surface area contributed by atoms with Gasteiger partial charge in [-0.25, -0.2) is 4.79 Å². The SMILES string of the molecule is C=CC(=O)OC.CC(O)CCC(C)O. The smallest absolute Gasteiger partial charge is 0.329 e. The maximum absolute atomic E-state index is 9.84. The molecule has 0 fully saturated rings. The van der Waals surface area contributed by atoms with Gasteiger partial charge in [-0.1, -0.05) is 6.58 Å². The van der Waals surface area contributed by atoms with E-state index in [1.807, 2.05) is 0 Å². The Bertz CT molecular complexity index is 144. The molecule has 0 heterocycles. The lowest BCUT2D eigenvalue weighted by Crippen LogP contribution is -2.06. The first-order valence-electron chi connectivity index (χ1n) is 4.50. The fraction of sp³-hybridized carbons (Fsp3) is 0.700. The number of rotatable bonds is 4. The summed E-state index contributed by atoms with van der Waals surface area (Å²) in [4.78, 5) is 9.84. The van der Waals surface area contributed by atoms with Crippen LogP contribution in [0.3, 0.4) is 0 Å². The van der Waals surface area contributed by atoms with E-state index in [9.17, 15) is 4.79 Å². The van der Waals surface area contributed by atoms with Crippen LogP contribution in [-0.4, -0.2) is 35.5 Å². The zero-order valence-electron chi connectivity index (χ0n) is 9.06. The molecule has 0 saturated heterocycles. The van der Waals surface area contributed by atoms with Crippen LogP contribution in [0.4, 0.5) is 0 Å². The number of hydrogen-bond donors (Lipinski definition) is 2. The summed E-state index contributed by atoms with van der Waals surface area (Å²) in [5.74, 6) is -0.394. The van der Waals surface area contributed by atoms with Crippen LogP contribution < -0.4 is 0 Å². The highest BCUT2D eigenvalue weighted by atomic mass is 16.5. The van der Waals surface area contributed by atoms with Gasteiger partial charge in [0.15, 0.2) is 0 Å². The molecule has 0 bridgehead atoms. The average molecular weight is 204 g/mol. The van der Waals surface area contributed by atoms with Gasteiger partial charge in [-0.3, -0.25) is 0 Å². The van der Waals surface area contributed by atoms with E-state index in [1.165, 1.54) is 7.11 Å². The molecule has 0 rings (SSSR count). The molecule has 0 aliphatic rings. The van der Waals surface area contributed by atoms with E-state index in [2.05, 4.69) is 11.3 Å². The number of methoxy groups -OCH3 is 1. The molecule has 4 heteroatoms. The molecule has 2 N–H and O–H groups in total. The van der Waals surface area contributed by atoms with Gasteiger partial charge in [0.05, 0.1) is 19.3 Å². The van der Waals surface area contributed by atoms with Gasteiger partial charge in [0.2, 0.25) is 0 Å². The number of aliphatic hydroxyl groups is 2. The van der Waals surface area contributed by atoms with Gasteiger partial charge in [-0.2, -0.15) is 0 Å². The van der Waals surface area contributed by atoms with Crippen molar-refractivity contribution >= 4 is 5.97 Å². The summed E-state index contributed by atoms with van der Waals surface area (Å²) in [6.45, 7) is 6.61. The lowest BCUT2D eigenvalue weighted by atomic mass is 10.1. The van der Waals surface area contributed by atoms with Crippen LogP contribution in [0.1, 0.15) is 26.7 Å². The van der Waals surface area contributed by atoms with E-state index < -0.39 is 5.97 Å². The summed E-state index contributed by atoms with van der Waals surface area (Å²) < 4.78 is 4.14. The third-order valence-corrected chi connectivity index (χ3v) is 1.37. The minimum absolute atomic E-state index is 0.274. The second kappa shape index (κ2) is 10.2. The summed E-state index contributed by atoms with van der Waals surface area (Å²) >= 11 is 0. The quantitative estimate of drug-likeness (QED) is 0.527. The Morgan fingerprint density at radius 2 is 1.71 bits per heavy atom. The van der Waals surface area contributed by atoms with E-state index in [0.29, 0.717) is 12.8 Å². The molecule has 0 amide bonds. The average Bonchev–Trinajstić information content (AvgIpc) is 2.14. The van der Waals surface area contributed by atoms with E-state index in [0.717, 1.165) is 6.08 Å². The topological polar surface area (TPSA) is 66.8 Å². The molecule has 4 nitrogen and oxygen atoms in total. The first-order chi connectivity index (χ1) is 6.43. The summed E-state index contributed by atoms with van der Waals surface area (Å²) in [6.07, 6.45) is 1.95. The van der Waals surface area contributed by atoms with Crippen LogP contribution in [0.15, 0.2) is 12.7 Å². The second-order valence-electron chi connectivity index (χ2n) is 3.00. The minimum atomic E-state index is -0.394. The van der Waals surface area contributed by atoms with Crippen molar-refractivity contribution in [3.63, 3.8) is 0 Å². The van der Waals surface area contributed by atoms with Crippen molar-refractivity contribution in [1.29, 1.82) is 0 Å². The van der Waals surface area contributed by atoms with Crippen LogP contribution in [0.25, 0.3) is 0 Å². The maximum atomic E-state index is 9.84. The molecule has 0 aromatic heterocycles. The summed E-state index contributed by atoms with van der Waals surface area (Å²) in [7, 11) is 1.31. The van der Waals surface area contributed by atoms with Gasteiger partial charge >= 0.3 is 5.97 Å². The van der Waals surface area contributed by atoms with Gasteiger partial charge in [-0.15, -0.1) is 0 Å². The van der Waals surface area contributed by atoms with Gasteiger partial charge in [-0.05, 0) is 26.7 Å². The van der Waals surface area contributed by atoms with Gasteiger partial charge in [0, 0.05) is 6.08 Å². The van der Waals surface area contributed by atoms with Crippen molar-refractivity contribution in [3.8, 4) is 0 Å². The Labute approximate surface area is 85.2 Å². The Morgan fingerprint density at radius 1 is 1.36 bits per heavy atom. The van der Waals surface area contributed by atoms with Gasteiger partial charge in [0.25, 0.3) is 0 Å². The van der Waals surface area contributed by atoms with Crippen LogP contribution in [0.5, 0.6) is 0 Å². The molecule has 14 heavy (non-hydrogen) atoms. The normalized spacial score (nSPS) is 13.2. The molecule has 2 unspecified atom stereocenters. The molecule has 2 atom stereocenters. The molecule has 0 aliphatic heterocycles. The standard InChI is InChI=1S/C6H14O2.C4H6O2/c1-5(7)3-4-6(2)8;1-3-4(5)6-2/h5-8H,3-4H2,1-2H3;3H,1H2,2H3. The minimum Gasteiger partial charge on any atom is -0.466 e. The number of aliphatic hydroxyl groups excluding tert-OH is 2. The highest BCUT2D eigenvalue weighted by molar-refractivity contribution is 5.80. The molecule has 0 aromatic rings. The zero-order chi connectivity index (χ0) is 11.6. The monoisotopic (exact) mass is 204 g/mol. The van der Waals surface area contributed by atoms with E-state index in [1.54, 1.807) is 13.8 Å². The van der Waals surface area contributed by atoms with Crippen molar-refractivity contribution < 1.29 is 19.7 Å². The Kier molecular flexibility index (Phi) is 11.4. The van der Waals surface area contributed by atoms with Crippen molar-refractivity contribution in [2.24, 2.45) is 0 Å². The Morgan fingerprint density at radius 3 is 1.79 bits per heavy atom. The first kappa shape index (κ1) is 15.6. The molecule has 0 aliphatic carbocycles. The largest absolute Gasteiger partial charge is 0.466 e. The number of hydrogen-bond acceptors (Lipinski definition) is 4. The van der Waals surface area contributed by atoms with Crippen molar-refractivity contribution in [3.05, 3.63) is 12.7 Å². The van der Waals surface area contributed by atoms with Crippen LogP contribution in [0.2, 0.25) is 0 Å². The molecule has 84 valence electrons. The highest BCUT2D eigenvalue weighted by Gasteiger charge is 1.98. The Hall–Kier alpha value is -0.870. The third-order valence-electron chi connectivity index (χ3n) is 1.37. The summed E-state index contributed by atoms with van der Waals surface area (Å²) in [5.41, 5.74) is 0. The lowest BCUT2D eigenvalue weighted by molar-refractivity contribution is -0.134. The predicted octanol–water partition coefficient (Wildman–Crippen LogP) is 0.874. The van der Waals surface area contributed by atoms with Crippen LogP contribution >= 0.6 is 0 Å². The number of carbonyl (C=O) groups is 1. The molecular formula is C10H20O4. The van der Waals surface area contributed by atoms with Crippen LogP contribution in [0, 0.1) is 0 Å². The lowest BCUT2D eigenvalue weighted by Gasteiger charge is -2.04. The van der Waals surface area contributed by atoms with Crippen LogP contribution in [-0.2, 0) is 9.53 Å². The van der Waals surface area contributed by atoms with Gasteiger partial charge < -0.3 is 14.9 Å². The van der Waals surface area contributed by atoms with Crippen molar-refractivity contribution in [1.82, 2.24) is 0 Å². The molecular weight excluding hydrogens is 184 g/mol. The maximum Gasteiger partial charge on any atom is 0.329 e. The Balaban J connectivity index is 0. The molecule has 0 spiro atoms. The highest BCUT2D eigenvalue weighted by Crippen LogP contribution is 1.98. The van der Waals surface area contributed by atoms with E-state index >= 15 is 0 Å². The molecule has 0 aromatic carbocycles. The van der Waals surface area contributed by atoms with E-state index in [-0.39, 0.29) is 12.2 Å². The molecule has 0 radical (unpaired) electrons. The summed E-state index contributed by atoms with van der Waals surface area (Å²) in [6, 6.07) is 0. The van der Waals surface area contributed by atoms with Crippen molar-refractivity contribution in [2.45, 2.75) is 38.9 Å². The number of ether oxygens (including phenoxy) is 1. The molecule has 0 saturated carbocycles. The zero-order valence-corrected chi connectivity index (χ0v) is 9.06. The summed E-state index contributed by atoms with van der Waals surface area (Å²) in [5, 5.41) is 17.4. The second-order valence-corrected chi connectivity index (χ2v) is 3.00. The third kappa shape index (κ3) is 17.3. The van der Waals surface area contributed by atoms with Gasteiger partial charge in [0.1, 0.15) is 0 Å². The predicted molar refractivity (Wildman–Crippen MR) is 54.8 cm³/mol. The number of esters is 1. The van der Waals surface area contributed by atoms with E-state index in [4.69, 9.17) is 10.2 Å². The fourth-order valence-electron chi connectivity index (χ4n) is 0.566. The number of carbonyl (C=O) groups excluding carboxylic acids is 1.